The molecule has 2 N–H and O–H groups in total. The first kappa shape index (κ1) is 18.8. The second kappa shape index (κ2) is 9.70. The standard InChI is InChI=1S/C15H34N2O2/c1-7-8-9-10-17(13(2)3)15(4,12-16)11-14(18-5)19-6/h13-14H,7-12,16H2,1-6H3. The summed E-state index contributed by atoms with van der Waals surface area (Å²) in [5.41, 5.74) is 5.97. The third-order valence-corrected chi connectivity index (χ3v) is 3.89. The quantitative estimate of drug-likeness (QED) is 0.465. The van der Waals surface area contributed by atoms with Crippen LogP contribution in [0.3, 0.4) is 0 Å². The van der Waals surface area contributed by atoms with E-state index in [1.54, 1.807) is 14.2 Å². The SMILES string of the molecule is CCCCCN(C(C)C)C(C)(CN)CC(OC)OC. The average molecular weight is 274 g/mol. The molecule has 1 atom stereocenters. The summed E-state index contributed by atoms with van der Waals surface area (Å²) in [5, 5.41) is 0. The van der Waals surface area contributed by atoms with Gasteiger partial charge in [0.2, 0.25) is 0 Å². The molecule has 0 amide bonds. The van der Waals surface area contributed by atoms with Gasteiger partial charge < -0.3 is 15.2 Å². The van der Waals surface area contributed by atoms with Gasteiger partial charge in [-0.25, -0.2) is 0 Å². The Morgan fingerprint density at radius 2 is 1.74 bits per heavy atom. The molecule has 0 bridgehead atoms. The summed E-state index contributed by atoms with van der Waals surface area (Å²) in [6.07, 6.45) is 4.32. The lowest BCUT2D eigenvalue weighted by atomic mass is 9.92. The zero-order valence-electron chi connectivity index (χ0n) is 13.7. The molecule has 0 spiro atoms. The van der Waals surface area contributed by atoms with Gasteiger partial charge in [-0.1, -0.05) is 19.8 Å². The molecule has 19 heavy (non-hydrogen) atoms. The van der Waals surface area contributed by atoms with Crippen molar-refractivity contribution in [2.75, 3.05) is 27.3 Å². The van der Waals surface area contributed by atoms with Crippen LogP contribution in [0.15, 0.2) is 0 Å². The number of hydrogen-bond donors (Lipinski definition) is 1. The Bertz CT molecular complexity index is 220. The van der Waals surface area contributed by atoms with Gasteiger partial charge in [0.25, 0.3) is 0 Å². The fraction of sp³-hybridized carbons (Fsp3) is 1.00. The van der Waals surface area contributed by atoms with Gasteiger partial charge in [-0.15, -0.1) is 0 Å². The zero-order valence-corrected chi connectivity index (χ0v) is 13.7. The first-order chi connectivity index (χ1) is 8.95. The van der Waals surface area contributed by atoms with Crippen molar-refractivity contribution in [2.45, 2.75) is 71.2 Å². The summed E-state index contributed by atoms with van der Waals surface area (Å²) >= 11 is 0. The van der Waals surface area contributed by atoms with Crippen molar-refractivity contribution in [1.82, 2.24) is 4.90 Å². The van der Waals surface area contributed by atoms with Crippen LogP contribution >= 0.6 is 0 Å². The van der Waals surface area contributed by atoms with Gasteiger partial charge >= 0.3 is 0 Å². The zero-order chi connectivity index (χ0) is 14.9. The Morgan fingerprint density at radius 3 is 2.11 bits per heavy atom. The lowest BCUT2D eigenvalue weighted by Gasteiger charge is -2.44. The van der Waals surface area contributed by atoms with E-state index >= 15 is 0 Å². The Morgan fingerprint density at radius 1 is 1.16 bits per heavy atom. The van der Waals surface area contributed by atoms with E-state index in [-0.39, 0.29) is 11.8 Å². The van der Waals surface area contributed by atoms with Crippen molar-refractivity contribution >= 4 is 0 Å². The van der Waals surface area contributed by atoms with E-state index in [4.69, 9.17) is 15.2 Å². The van der Waals surface area contributed by atoms with Gasteiger partial charge in [0.15, 0.2) is 6.29 Å². The molecule has 4 nitrogen and oxygen atoms in total. The lowest BCUT2D eigenvalue weighted by Crippen LogP contribution is -2.56. The Balaban J connectivity index is 4.77. The molecule has 0 aromatic carbocycles. The fourth-order valence-electron chi connectivity index (χ4n) is 2.62. The van der Waals surface area contributed by atoms with Crippen molar-refractivity contribution in [3.05, 3.63) is 0 Å². The molecule has 0 saturated heterocycles. The van der Waals surface area contributed by atoms with Crippen LogP contribution in [0, 0.1) is 0 Å². The minimum atomic E-state index is -0.194. The summed E-state index contributed by atoms with van der Waals surface area (Å²) in [6, 6.07) is 0.472. The summed E-state index contributed by atoms with van der Waals surface area (Å²) in [6.45, 7) is 10.6. The van der Waals surface area contributed by atoms with Crippen molar-refractivity contribution in [3.63, 3.8) is 0 Å². The number of methoxy groups -OCH3 is 2. The fourth-order valence-corrected chi connectivity index (χ4v) is 2.62. The highest BCUT2D eigenvalue weighted by atomic mass is 16.7. The third-order valence-electron chi connectivity index (χ3n) is 3.89. The molecule has 0 fully saturated rings. The van der Waals surface area contributed by atoms with E-state index < -0.39 is 0 Å². The molecule has 0 heterocycles. The average Bonchev–Trinajstić information content (AvgIpc) is 2.40. The van der Waals surface area contributed by atoms with Crippen molar-refractivity contribution in [3.8, 4) is 0 Å². The Hall–Kier alpha value is -0.160. The maximum atomic E-state index is 6.05. The normalized spacial score (nSPS) is 15.5. The predicted molar refractivity (Wildman–Crippen MR) is 81.2 cm³/mol. The highest BCUT2D eigenvalue weighted by molar-refractivity contribution is 4.90. The van der Waals surface area contributed by atoms with E-state index in [2.05, 4.69) is 32.6 Å². The molecule has 0 radical (unpaired) electrons. The van der Waals surface area contributed by atoms with E-state index in [1.807, 2.05) is 0 Å². The number of ether oxygens (including phenoxy) is 2. The molecule has 0 aliphatic heterocycles. The number of nitrogens with zero attached hydrogens (tertiary/aromatic N) is 1. The summed E-state index contributed by atoms with van der Waals surface area (Å²) in [5.74, 6) is 0. The van der Waals surface area contributed by atoms with E-state index in [0.717, 1.165) is 13.0 Å². The number of nitrogens with two attached hydrogens (primary N) is 1. The first-order valence-electron chi connectivity index (χ1n) is 7.47. The van der Waals surface area contributed by atoms with Crippen molar-refractivity contribution in [1.29, 1.82) is 0 Å². The van der Waals surface area contributed by atoms with Crippen LogP contribution in [0.5, 0.6) is 0 Å². The van der Waals surface area contributed by atoms with Crippen LogP contribution in [0.2, 0.25) is 0 Å². The molecule has 0 saturated carbocycles. The van der Waals surface area contributed by atoms with E-state index in [1.165, 1.54) is 19.3 Å². The number of hydrogen-bond acceptors (Lipinski definition) is 4. The molecule has 0 aliphatic carbocycles. The highest BCUT2D eigenvalue weighted by Gasteiger charge is 2.34. The van der Waals surface area contributed by atoms with Gasteiger partial charge in [0, 0.05) is 38.8 Å². The smallest absolute Gasteiger partial charge is 0.158 e. The van der Waals surface area contributed by atoms with Gasteiger partial charge in [-0.05, 0) is 33.7 Å². The third kappa shape index (κ3) is 6.21. The summed E-state index contributed by atoms with van der Waals surface area (Å²) in [4.78, 5) is 2.49. The largest absolute Gasteiger partial charge is 0.356 e. The van der Waals surface area contributed by atoms with Crippen LogP contribution in [0.1, 0.15) is 53.4 Å². The van der Waals surface area contributed by atoms with Crippen LogP contribution in [-0.2, 0) is 9.47 Å². The molecule has 0 aromatic heterocycles. The Labute approximate surface area is 119 Å². The van der Waals surface area contributed by atoms with Gasteiger partial charge in [0.1, 0.15) is 0 Å². The van der Waals surface area contributed by atoms with E-state index in [9.17, 15) is 0 Å². The molecule has 0 rings (SSSR count). The minimum absolute atomic E-state index is 0.0847. The second-order valence-electron chi connectivity index (χ2n) is 5.80. The summed E-state index contributed by atoms with van der Waals surface area (Å²) < 4.78 is 10.7. The van der Waals surface area contributed by atoms with E-state index in [0.29, 0.717) is 12.6 Å². The maximum Gasteiger partial charge on any atom is 0.158 e. The Kier molecular flexibility index (Phi) is 9.62. The van der Waals surface area contributed by atoms with Crippen molar-refractivity contribution in [2.24, 2.45) is 5.73 Å². The van der Waals surface area contributed by atoms with Crippen LogP contribution < -0.4 is 5.73 Å². The lowest BCUT2D eigenvalue weighted by molar-refractivity contribution is -0.131. The van der Waals surface area contributed by atoms with Crippen molar-refractivity contribution < 1.29 is 9.47 Å². The molecular weight excluding hydrogens is 240 g/mol. The van der Waals surface area contributed by atoms with Gasteiger partial charge in [0.05, 0.1) is 0 Å². The molecule has 116 valence electrons. The second-order valence-corrected chi connectivity index (χ2v) is 5.80. The minimum Gasteiger partial charge on any atom is -0.356 e. The number of unbranched alkanes of at least 4 members (excludes halogenated alkanes) is 2. The maximum absolute atomic E-state index is 6.05. The number of rotatable bonds is 11. The molecule has 0 aliphatic rings. The molecule has 0 aromatic rings. The highest BCUT2D eigenvalue weighted by Crippen LogP contribution is 2.25. The molecule has 1 unspecified atom stereocenters. The monoisotopic (exact) mass is 274 g/mol. The molecular formula is C15H34N2O2. The molecule has 4 heteroatoms. The van der Waals surface area contributed by atoms with Gasteiger partial charge in [-0.3, -0.25) is 4.90 Å². The summed E-state index contributed by atoms with van der Waals surface area (Å²) in [7, 11) is 3.36. The van der Waals surface area contributed by atoms with Crippen LogP contribution in [-0.4, -0.2) is 50.1 Å². The predicted octanol–water partition coefficient (Wildman–Crippen LogP) is 2.61. The van der Waals surface area contributed by atoms with Crippen LogP contribution in [0.4, 0.5) is 0 Å². The van der Waals surface area contributed by atoms with Crippen LogP contribution in [0.25, 0.3) is 0 Å². The first-order valence-corrected chi connectivity index (χ1v) is 7.47. The topological polar surface area (TPSA) is 47.7 Å². The van der Waals surface area contributed by atoms with Gasteiger partial charge in [-0.2, -0.15) is 0 Å².